The summed E-state index contributed by atoms with van der Waals surface area (Å²) in [5.74, 6) is 2.65. The molecule has 1 atom stereocenters. The van der Waals surface area contributed by atoms with Gasteiger partial charge in [0.1, 0.15) is 5.76 Å². The van der Waals surface area contributed by atoms with Crippen LogP contribution in [0, 0.1) is 13.8 Å². The van der Waals surface area contributed by atoms with Crippen LogP contribution in [0.2, 0.25) is 0 Å². The molecule has 1 amide bonds. The largest absolute Gasteiger partial charge is 0.444 e. The van der Waals surface area contributed by atoms with Crippen molar-refractivity contribution in [2.45, 2.75) is 46.2 Å². The third-order valence-electron chi connectivity index (χ3n) is 5.62. The normalized spacial score (nSPS) is 20.2. The maximum atomic E-state index is 12.6. The Labute approximate surface area is 161 Å². The highest BCUT2D eigenvalue weighted by atomic mass is 16.4. The van der Waals surface area contributed by atoms with Crippen LogP contribution in [-0.2, 0) is 11.3 Å². The summed E-state index contributed by atoms with van der Waals surface area (Å²) in [6, 6.07) is -0.0431. The van der Waals surface area contributed by atoms with Crippen molar-refractivity contribution in [3.8, 4) is 0 Å². The lowest BCUT2D eigenvalue weighted by Gasteiger charge is -2.39. The number of oxazole rings is 1. The number of hydrogen-bond acceptors (Lipinski definition) is 5. The van der Waals surface area contributed by atoms with Gasteiger partial charge in [-0.15, -0.1) is 0 Å². The van der Waals surface area contributed by atoms with Gasteiger partial charge in [-0.2, -0.15) is 0 Å². The summed E-state index contributed by atoms with van der Waals surface area (Å²) in [5.41, 5.74) is 0.923. The highest BCUT2D eigenvalue weighted by Crippen LogP contribution is 2.14. The van der Waals surface area contributed by atoms with Crippen molar-refractivity contribution in [3.05, 3.63) is 17.3 Å². The second-order valence-corrected chi connectivity index (χ2v) is 7.38. The van der Waals surface area contributed by atoms with Gasteiger partial charge in [0.15, 0.2) is 5.96 Å². The quantitative estimate of drug-likeness (QED) is 0.624. The van der Waals surface area contributed by atoms with E-state index in [1.165, 1.54) is 0 Å². The number of nitrogens with one attached hydrogen (secondary N) is 1. The van der Waals surface area contributed by atoms with Crippen molar-refractivity contribution in [2.75, 3.05) is 46.3 Å². The lowest BCUT2D eigenvalue weighted by Crippen LogP contribution is -2.57. The van der Waals surface area contributed by atoms with Gasteiger partial charge < -0.3 is 19.5 Å². The fourth-order valence-corrected chi connectivity index (χ4v) is 3.78. The number of rotatable bonds is 4. The number of aromatic nitrogens is 1. The highest BCUT2D eigenvalue weighted by Gasteiger charge is 2.30. The topological polar surface area (TPSA) is 77.2 Å². The molecule has 3 heterocycles. The van der Waals surface area contributed by atoms with Crippen molar-refractivity contribution < 1.29 is 9.21 Å². The van der Waals surface area contributed by atoms with E-state index in [2.05, 4.69) is 25.1 Å². The third-order valence-corrected chi connectivity index (χ3v) is 5.62. The first-order valence-corrected chi connectivity index (χ1v) is 9.91. The number of aryl methyl sites for hydroxylation is 2. The van der Waals surface area contributed by atoms with Gasteiger partial charge in [0.2, 0.25) is 11.8 Å². The molecule has 1 aromatic heterocycles. The summed E-state index contributed by atoms with van der Waals surface area (Å²) in [7, 11) is 1.79. The van der Waals surface area contributed by atoms with Crippen LogP contribution >= 0.6 is 0 Å². The predicted octanol–water partition coefficient (Wildman–Crippen LogP) is 0.995. The minimum atomic E-state index is -0.0431. The highest BCUT2D eigenvalue weighted by molar-refractivity contribution is 5.82. The summed E-state index contributed by atoms with van der Waals surface area (Å²) in [5, 5.41) is 3.33. The number of guanidine groups is 1. The van der Waals surface area contributed by atoms with E-state index in [0.29, 0.717) is 12.4 Å². The average Bonchev–Trinajstić information content (AvgIpc) is 3.32. The number of amides is 1. The summed E-state index contributed by atoms with van der Waals surface area (Å²) in [6.07, 6.45) is 2.27. The number of likely N-dealkylation sites (tertiary alicyclic amines) is 1. The first-order valence-electron chi connectivity index (χ1n) is 9.91. The van der Waals surface area contributed by atoms with Crippen LogP contribution < -0.4 is 5.32 Å². The van der Waals surface area contributed by atoms with Crippen LogP contribution in [0.3, 0.4) is 0 Å². The SMILES string of the molecule is CN=C(NCc1nc(C)c(C)o1)N1CCN(C(C)C(=O)N2CCCC2)CC1. The molecule has 150 valence electrons. The molecule has 0 aromatic carbocycles. The number of carbonyl (C=O) groups is 1. The molecule has 1 N–H and O–H groups in total. The minimum absolute atomic E-state index is 0.0431. The van der Waals surface area contributed by atoms with Gasteiger partial charge in [0, 0.05) is 46.3 Å². The van der Waals surface area contributed by atoms with Crippen LogP contribution in [0.4, 0.5) is 0 Å². The zero-order valence-corrected chi connectivity index (χ0v) is 17.0. The summed E-state index contributed by atoms with van der Waals surface area (Å²) >= 11 is 0. The molecule has 0 aliphatic carbocycles. The molecule has 2 fully saturated rings. The van der Waals surface area contributed by atoms with E-state index in [4.69, 9.17) is 4.42 Å². The summed E-state index contributed by atoms with van der Waals surface area (Å²) < 4.78 is 5.62. The van der Waals surface area contributed by atoms with Gasteiger partial charge in [-0.3, -0.25) is 14.7 Å². The molecule has 3 rings (SSSR count). The zero-order valence-electron chi connectivity index (χ0n) is 17.0. The first-order chi connectivity index (χ1) is 13.0. The molecule has 2 aliphatic heterocycles. The standard InChI is InChI=1S/C19H32N6O2/c1-14-16(3)27-17(22-14)13-21-19(20-4)25-11-9-23(10-12-25)15(2)18(26)24-7-5-6-8-24/h15H,5-13H2,1-4H3,(H,20,21). The van der Waals surface area contributed by atoms with Gasteiger partial charge in [-0.25, -0.2) is 4.98 Å². The molecule has 1 unspecified atom stereocenters. The van der Waals surface area contributed by atoms with Crippen molar-refractivity contribution >= 4 is 11.9 Å². The molecule has 0 spiro atoms. The second kappa shape index (κ2) is 8.73. The molecule has 8 heteroatoms. The number of carbonyl (C=O) groups excluding carboxylic acids is 1. The van der Waals surface area contributed by atoms with Crippen LogP contribution in [0.25, 0.3) is 0 Å². The van der Waals surface area contributed by atoms with E-state index in [-0.39, 0.29) is 11.9 Å². The molecule has 2 saturated heterocycles. The molecule has 0 radical (unpaired) electrons. The lowest BCUT2D eigenvalue weighted by atomic mass is 10.2. The Morgan fingerprint density at radius 1 is 1.15 bits per heavy atom. The Bertz CT molecular complexity index is 652. The van der Waals surface area contributed by atoms with E-state index in [1.807, 2.05) is 25.7 Å². The van der Waals surface area contributed by atoms with E-state index in [1.54, 1.807) is 7.05 Å². The maximum Gasteiger partial charge on any atom is 0.239 e. The summed E-state index contributed by atoms with van der Waals surface area (Å²) in [6.45, 7) is 11.7. The van der Waals surface area contributed by atoms with Crippen molar-refractivity contribution in [2.24, 2.45) is 4.99 Å². The van der Waals surface area contributed by atoms with Gasteiger partial charge in [0.25, 0.3) is 0 Å². The number of hydrogen-bond donors (Lipinski definition) is 1. The van der Waals surface area contributed by atoms with Crippen molar-refractivity contribution in [1.29, 1.82) is 0 Å². The van der Waals surface area contributed by atoms with E-state index >= 15 is 0 Å². The molecule has 8 nitrogen and oxygen atoms in total. The molecule has 27 heavy (non-hydrogen) atoms. The molecular weight excluding hydrogens is 344 g/mol. The second-order valence-electron chi connectivity index (χ2n) is 7.38. The lowest BCUT2D eigenvalue weighted by molar-refractivity contribution is -0.135. The zero-order chi connectivity index (χ0) is 19.4. The Kier molecular flexibility index (Phi) is 6.36. The van der Waals surface area contributed by atoms with E-state index in [9.17, 15) is 4.79 Å². The van der Waals surface area contributed by atoms with Gasteiger partial charge in [-0.05, 0) is 33.6 Å². The Balaban J connectivity index is 1.48. The van der Waals surface area contributed by atoms with Crippen LogP contribution in [0.1, 0.15) is 37.1 Å². The summed E-state index contributed by atoms with van der Waals surface area (Å²) in [4.78, 5) is 27.9. The average molecular weight is 377 g/mol. The van der Waals surface area contributed by atoms with Crippen LogP contribution in [0.5, 0.6) is 0 Å². The van der Waals surface area contributed by atoms with Gasteiger partial charge in [0.05, 0.1) is 18.3 Å². The van der Waals surface area contributed by atoms with Crippen LogP contribution in [0.15, 0.2) is 9.41 Å². The minimum Gasteiger partial charge on any atom is -0.444 e. The molecule has 1 aromatic rings. The third kappa shape index (κ3) is 4.61. The van der Waals surface area contributed by atoms with Gasteiger partial charge >= 0.3 is 0 Å². The molecular formula is C19H32N6O2. The molecule has 2 aliphatic rings. The van der Waals surface area contributed by atoms with Crippen LogP contribution in [-0.4, -0.2) is 83.9 Å². The number of nitrogens with zero attached hydrogens (tertiary/aromatic N) is 5. The van der Waals surface area contributed by atoms with Crippen molar-refractivity contribution in [3.63, 3.8) is 0 Å². The van der Waals surface area contributed by atoms with E-state index in [0.717, 1.165) is 69.5 Å². The van der Waals surface area contributed by atoms with Gasteiger partial charge in [-0.1, -0.05) is 0 Å². The number of piperazine rings is 1. The number of aliphatic imine (C=N–C) groups is 1. The predicted molar refractivity (Wildman–Crippen MR) is 105 cm³/mol. The monoisotopic (exact) mass is 376 g/mol. The van der Waals surface area contributed by atoms with E-state index < -0.39 is 0 Å². The Morgan fingerprint density at radius 3 is 2.37 bits per heavy atom. The Hall–Kier alpha value is -2.09. The smallest absolute Gasteiger partial charge is 0.239 e. The first kappa shape index (κ1) is 19.7. The molecule has 0 saturated carbocycles. The maximum absolute atomic E-state index is 12.6. The molecule has 0 bridgehead atoms. The Morgan fingerprint density at radius 2 is 1.81 bits per heavy atom. The fraction of sp³-hybridized carbons (Fsp3) is 0.737. The fourth-order valence-electron chi connectivity index (χ4n) is 3.78. The van der Waals surface area contributed by atoms with Crippen molar-refractivity contribution in [1.82, 2.24) is 25.0 Å².